The number of aromatic nitrogens is 3. The monoisotopic (exact) mass is 370 g/mol. The second-order valence-electron chi connectivity index (χ2n) is 7.30. The molecule has 0 radical (unpaired) electrons. The van der Waals surface area contributed by atoms with E-state index in [9.17, 15) is 4.39 Å². The molecule has 1 aromatic carbocycles. The van der Waals surface area contributed by atoms with Gasteiger partial charge >= 0.3 is 0 Å². The SMILES string of the molecule is Cc1nn(C)c(C)c1CN(Cc1nc(-c2cccc(F)c2)oc1C)C(C)C. The minimum atomic E-state index is -0.295. The van der Waals surface area contributed by atoms with Crippen molar-refractivity contribution >= 4 is 0 Å². The van der Waals surface area contributed by atoms with E-state index >= 15 is 0 Å². The molecule has 0 aliphatic heterocycles. The topological polar surface area (TPSA) is 47.1 Å². The first-order valence-electron chi connectivity index (χ1n) is 9.21. The van der Waals surface area contributed by atoms with Gasteiger partial charge in [-0.1, -0.05) is 6.07 Å². The lowest BCUT2D eigenvalue weighted by Crippen LogP contribution is -2.30. The molecule has 2 heterocycles. The Morgan fingerprint density at radius 2 is 1.93 bits per heavy atom. The minimum absolute atomic E-state index is 0.295. The van der Waals surface area contributed by atoms with E-state index in [-0.39, 0.29) is 5.82 Å². The van der Waals surface area contributed by atoms with Crippen molar-refractivity contribution < 1.29 is 8.81 Å². The minimum Gasteiger partial charge on any atom is -0.441 e. The molecule has 0 saturated carbocycles. The third kappa shape index (κ3) is 4.11. The second kappa shape index (κ2) is 7.64. The van der Waals surface area contributed by atoms with Crippen molar-refractivity contribution in [1.29, 1.82) is 0 Å². The van der Waals surface area contributed by atoms with Crippen LogP contribution in [0.2, 0.25) is 0 Å². The molecule has 0 bridgehead atoms. The number of hydrogen-bond acceptors (Lipinski definition) is 4. The molecule has 3 rings (SSSR count). The van der Waals surface area contributed by atoms with Gasteiger partial charge in [0.2, 0.25) is 5.89 Å². The maximum Gasteiger partial charge on any atom is 0.226 e. The number of halogens is 1. The summed E-state index contributed by atoms with van der Waals surface area (Å²) in [5, 5.41) is 4.52. The Hall–Kier alpha value is -2.47. The number of nitrogens with zero attached hydrogens (tertiary/aromatic N) is 4. The van der Waals surface area contributed by atoms with Gasteiger partial charge in [-0.15, -0.1) is 0 Å². The van der Waals surface area contributed by atoms with E-state index < -0.39 is 0 Å². The van der Waals surface area contributed by atoms with Gasteiger partial charge in [-0.3, -0.25) is 9.58 Å². The van der Waals surface area contributed by atoms with Crippen molar-refractivity contribution in [3.63, 3.8) is 0 Å². The van der Waals surface area contributed by atoms with Crippen LogP contribution in [0.5, 0.6) is 0 Å². The molecule has 5 nitrogen and oxygen atoms in total. The van der Waals surface area contributed by atoms with Crippen molar-refractivity contribution in [2.45, 2.75) is 53.8 Å². The lowest BCUT2D eigenvalue weighted by molar-refractivity contribution is 0.199. The van der Waals surface area contributed by atoms with E-state index in [0.717, 1.165) is 23.7 Å². The molecule has 0 unspecified atom stereocenters. The van der Waals surface area contributed by atoms with Gasteiger partial charge in [-0.05, 0) is 52.8 Å². The summed E-state index contributed by atoms with van der Waals surface area (Å²) < 4.78 is 21.3. The number of rotatable bonds is 6. The zero-order chi connectivity index (χ0) is 19.7. The lowest BCUT2D eigenvalue weighted by Gasteiger charge is -2.26. The molecule has 0 amide bonds. The maximum atomic E-state index is 13.5. The van der Waals surface area contributed by atoms with Gasteiger partial charge in [0.15, 0.2) is 0 Å². The molecular weight excluding hydrogens is 343 g/mol. The molecule has 0 fully saturated rings. The fourth-order valence-corrected chi connectivity index (χ4v) is 3.18. The van der Waals surface area contributed by atoms with Crippen LogP contribution in [0.1, 0.15) is 42.3 Å². The van der Waals surface area contributed by atoms with E-state index in [1.165, 1.54) is 23.4 Å². The average Bonchev–Trinajstić information content (AvgIpc) is 3.08. The van der Waals surface area contributed by atoms with Crippen molar-refractivity contribution in [3.8, 4) is 11.5 Å². The van der Waals surface area contributed by atoms with Crippen LogP contribution in [0.3, 0.4) is 0 Å². The van der Waals surface area contributed by atoms with Crippen molar-refractivity contribution in [2.75, 3.05) is 0 Å². The standard InChI is InChI=1S/C21H27FN4O/c1-13(2)26(11-19-14(3)24-25(6)15(19)4)12-20-16(5)27-21(23-20)17-8-7-9-18(22)10-17/h7-10,13H,11-12H2,1-6H3. The highest BCUT2D eigenvalue weighted by Gasteiger charge is 2.20. The lowest BCUT2D eigenvalue weighted by atomic mass is 10.1. The van der Waals surface area contributed by atoms with Crippen LogP contribution in [0.4, 0.5) is 4.39 Å². The molecule has 0 N–H and O–H groups in total. The molecule has 3 aromatic rings. The van der Waals surface area contributed by atoms with Gasteiger partial charge < -0.3 is 4.42 Å². The van der Waals surface area contributed by atoms with Crippen LogP contribution in [-0.4, -0.2) is 25.7 Å². The van der Waals surface area contributed by atoms with E-state index in [1.54, 1.807) is 12.1 Å². The number of hydrogen-bond donors (Lipinski definition) is 0. The second-order valence-corrected chi connectivity index (χ2v) is 7.30. The Morgan fingerprint density at radius 3 is 2.52 bits per heavy atom. The van der Waals surface area contributed by atoms with E-state index in [1.807, 2.05) is 25.6 Å². The Kier molecular flexibility index (Phi) is 5.46. The fourth-order valence-electron chi connectivity index (χ4n) is 3.18. The Bertz CT molecular complexity index is 942. The van der Waals surface area contributed by atoms with E-state index in [0.29, 0.717) is 24.0 Å². The summed E-state index contributed by atoms with van der Waals surface area (Å²) in [5.74, 6) is 0.926. The average molecular weight is 370 g/mol. The van der Waals surface area contributed by atoms with Crippen LogP contribution < -0.4 is 0 Å². The molecule has 2 aromatic heterocycles. The summed E-state index contributed by atoms with van der Waals surface area (Å²) >= 11 is 0. The maximum absolute atomic E-state index is 13.5. The van der Waals surface area contributed by atoms with Gasteiger partial charge in [-0.25, -0.2) is 9.37 Å². The largest absolute Gasteiger partial charge is 0.441 e. The smallest absolute Gasteiger partial charge is 0.226 e. The molecular formula is C21H27FN4O. The van der Waals surface area contributed by atoms with Crippen molar-refractivity contribution in [1.82, 2.24) is 19.7 Å². The first kappa shape index (κ1) is 19.3. The number of oxazole rings is 1. The summed E-state index contributed by atoms with van der Waals surface area (Å²) in [6.45, 7) is 11.8. The van der Waals surface area contributed by atoms with Gasteiger partial charge in [-0.2, -0.15) is 5.10 Å². The number of aryl methyl sites for hydroxylation is 3. The summed E-state index contributed by atoms with van der Waals surface area (Å²) in [6, 6.07) is 6.66. The summed E-state index contributed by atoms with van der Waals surface area (Å²) in [7, 11) is 1.97. The van der Waals surface area contributed by atoms with Crippen LogP contribution in [0.25, 0.3) is 11.5 Å². The molecule has 0 aliphatic rings. The molecule has 0 spiro atoms. The summed E-state index contributed by atoms with van der Waals surface area (Å²) in [5.41, 5.74) is 5.01. The van der Waals surface area contributed by atoms with Crippen molar-refractivity contribution in [3.05, 3.63) is 58.5 Å². The zero-order valence-corrected chi connectivity index (χ0v) is 16.9. The van der Waals surface area contributed by atoms with E-state index in [2.05, 4.69) is 35.8 Å². The van der Waals surface area contributed by atoms with Crippen LogP contribution >= 0.6 is 0 Å². The van der Waals surface area contributed by atoms with Crippen molar-refractivity contribution in [2.24, 2.45) is 7.05 Å². The van der Waals surface area contributed by atoms with Crippen LogP contribution in [0.15, 0.2) is 28.7 Å². The first-order valence-corrected chi connectivity index (χ1v) is 9.21. The quantitative estimate of drug-likeness (QED) is 0.639. The Balaban J connectivity index is 1.85. The molecule has 0 aliphatic carbocycles. The zero-order valence-electron chi connectivity index (χ0n) is 16.9. The highest BCUT2D eigenvalue weighted by Crippen LogP contribution is 2.25. The molecule has 27 heavy (non-hydrogen) atoms. The normalized spacial score (nSPS) is 11.7. The van der Waals surface area contributed by atoms with Gasteiger partial charge in [0, 0.05) is 43.0 Å². The highest BCUT2D eigenvalue weighted by molar-refractivity contribution is 5.53. The molecule has 0 saturated heterocycles. The van der Waals surface area contributed by atoms with Crippen LogP contribution in [-0.2, 0) is 20.1 Å². The predicted octanol–water partition coefficient (Wildman–Crippen LogP) is 4.55. The van der Waals surface area contributed by atoms with Gasteiger partial charge in [0.1, 0.15) is 11.6 Å². The number of benzene rings is 1. The van der Waals surface area contributed by atoms with Crippen LogP contribution in [0, 0.1) is 26.6 Å². The van der Waals surface area contributed by atoms with E-state index in [4.69, 9.17) is 4.42 Å². The summed E-state index contributed by atoms with van der Waals surface area (Å²) in [6.07, 6.45) is 0. The van der Waals surface area contributed by atoms with Gasteiger partial charge in [0.25, 0.3) is 0 Å². The predicted molar refractivity (Wildman–Crippen MR) is 104 cm³/mol. The Labute approximate surface area is 159 Å². The highest BCUT2D eigenvalue weighted by atomic mass is 19.1. The molecule has 0 atom stereocenters. The molecule has 144 valence electrons. The third-order valence-corrected chi connectivity index (χ3v) is 5.07. The summed E-state index contributed by atoms with van der Waals surface area (Å²) in [4.78, 5) is 6.98. The third-order valence-electron chi connectivity index (χ3n) is 5.07. The Morgan fingerprint density at radius 1 is 1.19 bits per heavy atom. The first-order chi connectivity index (χ1) is 12.8. The molecule has 6 heteroatoms. The fraction of sp³-hybridized carbons (Fsp3) is 0.429. The van der Waals surface area contributed by atoms with Gasteiger partial charge in [0.05, 0.1) is 11.4 Å².